The largest absolute Gasteiger partial charge is 0.245 e. The van der Waals surface area contributed by atoms with Crippen molar-refractivity contribution in [3.05, 3.63) is 23.9 Å². The van der Waals surface area contributed by atoms with Crippen molar-refractivity contribution in [1.82, 2.24) is 9.71 Å². The van der Waals surface area contributed by atoms with Crippen molar-refractivity contribution >= 4 is 20.8 Å². The van der Waals surface area contributed by atoms with Crippen molar-refractivity contribution in [2.24, 2.45) is 0 Å². The first kappa shape index (κ1) is 16.3. The van der Waals surface area contributed by atoms with E-state index in [2.05, 4.69) is 9.71 Å². The van der Waals surface area contributed by atoms with E-state index in [1.807, 2.05) is 27.7 Å². The molecule has 1 rings (SSSR count). The van der Waals surface area contributed by atoms with Crippen molar-refractivity contribution in [3.63, 3.8) is 0 Å². The van der Waals surface area contributed by atoms with Gasteiger partial charge in [0.2, 0.25) is 0 Å². The molecule has 0 aromatic carbocycles. The highest BCUT2D eigenvalue weighted by Gasteiger charge is 2.22. The third-order valence-corrected chi connectivity index (χ3v) is 5.14. The molecule has 0 bridgehead atoms. The molecule has 7 heteroatoms. The highest BCUT2D eigenvalue weighted by Crippen LogP contribution is 2.18. The fraction of sp³-hybridized carbons (Fsp3) is 0.583. The van der Waals surface area contributed by atoms with Gasteiger partial charge in [-0.3, -0.25) is 0 Å². The van der Waals surface area contributed by atoms with E-state index in [0.29, 0.717) is 0 Å². The molecule has 0 aliphatic rings. The predicted molar refractivity (Wildman–Crippen MR) is 76.8 cm³/mol. The maximum atomic E-state index is 12.0. The summed E-state index contributed by atoms with van der Waals surface area (Å²) in [6, 6.07) is 3.00. The summed E-state index contributed by atoms with van der Waals surface area (Å²) < 4.78 is 37.5. The molecular formula is C12H20N2O3S2. The van der Waals surface area contributed by atoms with Crippen molar-refractivity contribution in [3.8, 4) is 0 Å². The summed E-state index contributed by atoms with van der Waals surface area (Å²) in [6.07, 6.45) is 2.56. The molecule has 1 unspecified atom stereocenters. The van der Waals surface area contributed by atoms with Crippen molar-refractivity contribution < 1.29 is 12.6 Å². The number of rotatable bonds is 4. The molecule has 0 radical (unpaired) electrons. The first-order valence-electron chi connectivity index (χ1n) is 5.86. The Hall–Kier alpha value is -0.790. The zero-order chi connectivity index (χ0) is 14.8. The van der Waals surface area contributed by atoms with Gasteiger partial charge in [0.05, 0.1) is 15.7 Å². The quantitative estimate of drug-likeness (QED) is 0.916. The van der Waals surface area contributed by atoms with Crippen LogP contribution in [0.2, 0.25) is 0 Å². The minimum atomic E-state index is -3.33. The summed E-state index contributed by atoms with van der Waals surface area (Å²) in [5, 5.41) is 0.0280. The fourth-order valence-corrected chi connectivity index (χ4v) is 2.72. The van der Waals surface area contributed by atoms with E-state index in [4.69, 9.17) is 0 Å². The van der Waals surface area contributed by atoms with Gasteiger partial charge in [0, 0.05) is 18.5 Å². The van der Waals surface area contributed by atoms with Crippen LogP contribution in [0, 0.1) is 0 Å². The molecule has 0 saturated carbocycles. The number of hydrogen-bond donors (Lipinski definition) is 1. The number of pyridine rings is 1. The van der Waals surface area contributed by atoms with Crippen molar-refractivity contribution in [1.29, 1.82) is 0 Å². The third kappa shape index (κ3) is 4.67. The normalized spacial score (nSPS) is 16.1. The fourth-order valence-electron chi connectivity index (χ4n) is 1.30. The van der Waals surface area contributed by atoms with Crippen molar-refractivity contribution in [2.45, 2.75) is 43.5 Å². The van der Waals surface area contributed by atoms with E-state index in [9.17, 15) is 12.6 Å². The molecule has 0 fully saturated rings. The SMILES string of the molecule is CC(N[S@@](=O)C(C)(C)C)c1ccnc(S(C)(=O)=O)c1. The Labute approximate surface area is 117 Å². The Morgan fingerprint density at radius 1 is 1.37 bits per heavy atom. The van der Waals surface area contributed by atoms with Crippen LogP contribution >= 0.6 is 0 Å². The minimum Gasteiger partial charge on any atom is -0.245 e. The Kier molecular flexibility index (Phi) is 4.86. The summed E-state index contributed by atoms with van der Waals surface area (Å²) in [4.78, 5) is 3.83. The van der Waals surface area contributed by atoms with Crippen LogP contribution in [-0.4, -0.2) is 28.6 Å². The van der Waals surface area contributed by atoms with Crippen LogP contribution in [0.4, 0.5) is 0 Å². The summed E-state index contributed by atoms with van der Waals surface area (Å²) in [7, 11) is -4.55. The molecule has 0 spiro atoms. The summed E-state index contributed by atoms with van der Waals surface area (Å²) in [5.41, 5.74) is 0.744. The van der Waals surface area contributed by atoms with E-state index in [1.165, 1.54) is 12.3 Å². The van der Waals surface area contributed by atoms with E-state index < -0.39 is 20.8 Å². The standard InChI is InChI=1S/C12H20N2O3S2/c1-9(14-18(15)12(2,3)4)10-6-7-13-11(8-10)19(5,16)17/h6-9,14H,1-5H3/t9?,18-/m0/s1. The minimum absolute atomic E-state index is 0.0280. The predicted octanol–water partition coefficient (Wildman–Crippen LogP) is 1.60. The lowest BCUT2D eigenvalue weighted by molar-refractivity contribution is 0.597. The second-order valence-corrected chi connectivity index (χ2v) is 9.38. The molecular weight excluding hydrogens is 284 g/mol. The monoisotopic (exact) mass is 304 g/mol. The van der Waals surface area contributed by atoms with E-state index >= 15 is 0 Å². The van der Waals surface area contributed by atoms with Crippen LogP contribution in [0.25, 0.3) is 0 Å². The van der Waals surface area contributed by atoms with Crippen LogP contribution in [0.15, 0.2) is 23.4 Å². The van der Waals surface area contributed by atoms with Crippen LogP contribution in [0.3, 0.4) is 0 Å². The van der Waals surface area contributed by atoms with Gasteiger partial charge < -0.3 is 0 Å². The first-order chi connectivity index (χ1) is 8.51. The molecule has 1 aromatic heterocycles. The molecule has 0 amide bonds. The lowest BCUT2D eigenvalue weighted by atomic mass is 10.1. The molecule has 2 atom stereocenters. The first-order valence-corrected chi connectivity index (χ1v) is 8.90. The zero-order valence-corrected chi connectivity index (χ0v) is 13.4. The van der Waals surface area contributed by atoms with Gasteiger partial charge in [0.25, 0.3) is 0 Å². The van der Waals surface area contributed by atoms with Gasteiger partial charge in [-0.05, 0) is 45.4 Å². The molecule has 5 nitrogen and oxygen atoms in total. The molecule has 1 N–H and O–H groups in total. The lowest BCUT2D eigenvalue weighted by Crippen LogP contribution is -2.34. The third-order valence-electron chi connectivity index (χ3n) is 2.48. The number of aromatic nitrogens is 1. The molecule has 0 aliphatic heterocycles. The molecule has 0 aliphatic carbocycles. The van der Waals surface area contributed by atoms with E-state index in [1.54, 1.807) is 6.07 Å². The van der Waals surface area contributed by atoms with Crippen LogP contribution in [0.5, 0.6) is 0 Å². The van der Waals surface area contributed by atoms with E-state index in [0.717, 1.165) is 11.8 Å². The summed E-state index contributed by atoms with van der Waals surface area (Å²) in [6.45, 7) is 7.46. The average molecular weight is 304 g/mol. The molecule has 1 aromatic rings. The highest BCUT2D eigenvalue weighted by atomic mass is 32.2. The molecule has 19 heavy (non-hydrogen) atoms. The molecule has 1 heterocycles. The van der Waals surface area contributed by atoms with Gasteiger partial charge in [-0.15, -0.1) is 0 Å². The summed E-state index contributed by atoms with van der Waals surface area (Å²) in [5.74, 6) is 0. The number of nitrogens with zero attached hydrogens (tertiary/aromatic N) is 1. The van der Waals surface area contributed by atoms with Gasteiger partial charge in [0.15, 0.2) is 14.9 Å². The zero-order valence-electron chi connectivity index (χ0n) is 11.8. The highest BCUT2D eigenvalue weighted by molar-refractivity contribution is 7.90. The van der Waals surface area contributed by atoms with Crippen LogP contribution in [0.1, 0.15) is 39.3 Å². The number of nitrogens with one attached hydrogen (secondary N) is 1. The van der Waals surface area contributed by atoms with Gasteiger partial charge >= 0.3 is 0 Å². The molecule has 108 valence electrons. The Morgan fingerprint density at radius 3 is 2.42 bits per heavy atom. The van der Waals surface area contributed by atoms with Gasteiger partial charge in [-0.2, -0.15) is 0 Å². The topological polar surface area (TPSA) is 76.1 Å². The average Bonchev–Trinajstić information content (AvgIpc) is 2.26. The smallest absolute Gasteiger partial charge is 0.192 e. The van der Waals surface area contributed by atoms with Crippen molar-refractivity contribution in [2.75, 3.05) is 6.26 Å². The maximum absolute atomic E-state index is 12.0. The lowest BCUT2D eigenvalue weighted by Gasteiger charge is -2.22. The van der Waals surface area contributed by atoms with E-state index in [-0.39, 0.29) is 15.8 Å². The van der Waals surface area contributed by atoms with Crippen LogP contribution < -0.4 is 4.72 Å². The van der Waals surface area contributed by atoms with Gasteiger partial charge in [-0.1, -0.05) is 0 Å². The van der Waals surface area contributed by atoms with Crippen LogP contribution in [-0.2, 0) is 20.8 Å². The number of hydrogen-bond acceptors (Lipinski definition) is 4. The second kappa shape index (κ2) is 5.68. The number of sulfone groups is 1. The molecule has 0 saturated heterocycles. The van der Waals surface area contributed by atoms with Gasteiger partial charge in [0.1, 0.15) is 0 Å². The maximum Gasteiger partial charge on any atom is 0.192 e. The van der Waals surface area contributed by atoms with Gasteiger partial charge in [-0.25, -0.2) is 22.3 Å². The Bertz CT molecular complexity index is 577. The summed E-state index contributed by atoms with van der Waals surface area (Å²) >= 11 is 0. The Balaban J connectivity index is 2.96. The second-order valence-electron chi connectivity index (χ2n) is 5.42. The Morgan fingerprint density at radius 2 is 1.95 bits per heavy atom.